The summed E-state index contributed by atoms with van der Waals surface area (Å²) in [6.07, 6.45) is 5.65. The summed E-state index contributed by atoms with van der Waals surface area (Å²) in [6, 6.07) is 9.71. The zero-order chi connectivity index (χ0) is 27.4. The largest absolute Gasteiger partial charge is 0.480 e. The monoisotopic (exact) mass is 540 g/mol. The van der Waals surface area contributed by atoms with Gasteiger partial charge in [-0.1, -0.05) is 18.2 Å². The summed E-state index contributed by atoms with van der Waals surface area (Å²) in [4.78, 5) is 43.9. The first-order valence-electron chi connectivity index (χ1n) is 13.3. The third-order valence-electron chi connectivity index (χ3n) is 7.54. The van der Waals surface area contributed by atoms with Crippen molar-refractivity contribution >= 4 is 34.4 Å². The predicted octanol–water partition coefficient (Wildman–Crippen LogP) is 1.75. The summed E-state index contributed by atoms with van der Waals surface area (Å²) in [5.74, 6) is 1.18. The lowest BCUT2D eigenvalue weighted by Crippen LogP contribution is -2.44. The fraction of sp³-hybridized carbons (Fsp3) is 0.321. The zero-order valence-electron chi connectivity index (χ0n) is 21.9. The smallest absolute Gasteiger partial charge is 0.278 e. The van der Waals surface area contributed by atoms with Gasteiger partial charge in [0, 0.05) is 25.0 Å². The maximum Gasteiger partial charge on any atom is 0.278 e. The van der Waals surface area contributed by atoms with Crippen molar-refractivity contribution < 1.29 is 14.6 Å². The molecule has 0 saturated carbocycles. The van der Waals surface area contributed by atoms with E-state index < -0.39 is 6.10 Å². The first-order valence-corrected chi connectivity index (χ1v) is 13.3. The van der Waals surface area contributed by atoms with Crippen LogP contribution in [0.5, 0.6) is 5.75 Å². The van der Waals surface area contributed by atoms with Gasteiger partial charge in [0.25, 0.3) is 11.5 Å². The van der Waals surface area contributed by atoms with Gasteiger partial charge in [-0.3, -0.25) is 14.5 Å². The van der Waals surface area contributed by atoms with Crippen LogP contribution in [0.4, 0.5) is 17.5 Å². The molecule has 3 aromatic heterocycles. The lowest BCUT2D eigenvalue weighted by atomic mass is 9.99. The molecular formula is C28H28N8O4. The molecule has 1 amide bonds. The Hall–Kier alpha value is -4.55. The molecule has 1 aromatic carbocycles. The maximum absolute atomic E-state index is 13.5. The van der Waals surface area contributed by atoms with Gasteiger partial charge < -0.3 is 20.1 Å². The molecule has 0 aliphatic carbocycles. The van der Waals surface area contributed by atoms with E-state index in [9.17, 15) is 14.7 Å². The molecule has 12 nitrogen and oxygen atoms in total. The highest BCUT2D eigenvalue weighted by molar-refractivity contribution is 5.97. The molecule has 204 valence electrons. The van der Waals surface area contributed by atoms with E-state index in [1.807, 2.05) is 12.1 Å². The summed E-state index contributed by atoms with van der Waals surface area (Å²) in [5.41, 5.74) is 3.59. The van der Waals surface area contributed by atoms with Crippen LogP contribution in [0.3, 0.4) is 0 Å². The van der Waals surface area contributed by atoms with Crippen LogP contribution in [0, 0.1) is 0 Å². The van der Waals surface area contributed by atoms with Crippen LogP contribution >= 0.6 is 0 Å². The van der Waals surface area contributed by atoms with Crippen LogP contribution in [0.2, 0.25) is 0 Å². The van der Waals surface area contributed by atoms with Crippen molar-refractivity contribution in [3.63, 3.8) is 0 Å². The minimum absolute atomic E-state index is 0.0858. The van der Waals surface area contributed by atoms with E-state index >= 15 is 0 Å². The molecule has 0 spiro atoms. The van der Waals surface area contributed by atoms with Gasteiger partial charge in [0.05, 0.1) is 19.2 Å². The predicted molar refractivity (Wildman–Crippen MR) is 148 cm³/mol. The second kappa shape index (κ2) is 9.57. The second-order valence-electron chi connectivity index (χ2n) is 10.4. The number of benzene rings is 1. The van der Waals surface area contributed by atoms with E-state index in [1.165, 1.54) is 26.9 Å². The molecule has 0 radical (unpaired) electrons. The van der Waals surface area contributed by atoms with Crippen LogP contribution < -0.4 is 20.5 Å². The van der Waals surface area contributed by atoms with Crippen molar-refractivity contribution in [2.75, 3.05) is 37.0 Å². The van der Waals surface area contributed by atoms with Crippen LogP contribution in [0.25, 0.3) is 16.9 Å². The lowest BCUT2D eigenvalue weighted by molar-refractivity contribution is -0.121. The van der Waals surface area contributed by atoms with Gasteiger partial charge in [-0.05, 0) is 55.3 Å². The van der Waals surface area contributed by atoms with Gasteiger partial charge in [-0.15, -0.1) is 0 Å². The summed E-state index contributed by atoms with van der Waals surface area (Å²) >= 11 is 0. The number of anilines is 3. The maximum atomic E-state index is 13.5. The molecule has 0 fully saturated rings. The summed E-state index contributed by atoms with van der Waals surface area (Å²) in [7, 11) is 2.12. The number of likely N-dealkylation sites (N-methyl/N-ethyl adjacent to an activating group) is 1. The van der Waals surface area contributed by atoms with E-state index in [0.29, 0.717) is 40.8 Å². The van der Waals surface area contributed by atoms with Crippen molar-refractivity contribution in [1.29, 1.82) is 0 Å². The van der Waals surface area contributed by atoms with Crippen molar-refractivity contribution in [3.8, 4) is 11.6 Å². The quantitative estimate of drug-likeness (QED) is 0.365. The first-order chi connectivity index (χ1) is 19.4. The number of aromatic nitrogens is 5. The number of allylic oxidation sites excluding steroid dienone is 1. The van der Waals surface area contributed by atoms with E-state index in [4.69, 9.17) is 14.7 Å². The number of amides is 1. The molecule has 0 saturated heterocycles. The number of carbonyl (C=O) groups is 1. The molecule has 3 aliphatic heterocycles. The van der Waals surface area contributed by atoms with Gasteiger partial charge in [0.2, 0.25) is 5.95 Å². The van der Waals surface area contributed by atoms with Crippen molar-refractivity contribution in [2.24, 2.45) is 0 Å². The molecule has 2 N–H and O–H groups in total. The van der Waals surface area contributed by atoms with Crippen LogP contribution in [-0.4, -0.2) is 73.1 Å². The van der Waals surface area contributed by atoms with Gasteiger partial charge >= 0.3 is 0 Å². The number of hydrogen-bond donors (Lipinski definition) is 2. The van der Waals surface area contributed by atoms with Crippen LogP contribution in [0.1, 0.15) is 17.5 Å². The molecule has 4 aromatic rings. The van der Waals surface area contributed by atoms with Gasteiger partial charge in [0.15, 0.2) is 29.6 Å². The Labute approximate surface area is 229 Å². The normalized spacial score (nSPS) is 18.9. The molecule has 12 heteroatoms. The molecule has 2 bridgehead atoms. The number of rotatable bonds is 2. The van der Waals surface area contributed by atoms with Crippen molar-refractivity contribution in [3.05, 3.63) is 70.2 Å². The highest BCUT2D eigenvalue weighted by Crippen LogP contribution is 2.32. The average Bonchev–Trinajstić information content (AvgIpc) is 3.22. The van der Waals surface area contributed by atoms with E-state index in [1.54, 1.807) is 22.9 Å². The fourth-order valence-corrected chi connectivity index (χ4v) is 5.47. The molecule has 1 atom stereocenters. The molecule has 40 heavy (non-hydrogen) atoms. The lowest BCUT2D eigenvalue weighted by Gasteiger charge is -2.30. The Morgan fingerprint density at radius 2 is 2.00 bits per heavy atom. The molecular weight excluding hydrogens is 512 g/mol. The Morgan fingerprint density at radius 3 is 2.90 bits per heavy atom. The highest BCUT2D eigenvalue weighted by atomic mass is 16.5. The minimum Gasteiger partial charge on any atom is -0.480 e. The number of fused-ring (bicyclic) bond motifs is 6. The number of nitrogens with zero attached hydrogens (tertiary/aromatic N) is 7. The van der Waals surface area contributed by atoms with Gasteiger partial charge in [-0.25, -0.2) is 19.3 Å². The number of hydrogen-bond acceptors (Lipinski definition) is 9. The Morgan fingerprint density at radius 1 is 1.10 bits per heavy atom. The first kappa shape index (κ1) is 24.5. The minimum atomic E-state index is -0.789. The number of carbonyl (C=O) groups excluding carboxylic acids is 1. The molecule has 7 rings (SSSR count). The number of ether oxygens (including phenoxy) is 1. The summed E-state index contributed by atoms with van der Waals surface area (Å²) in [6.45, 7) is 2.13. The molecule has 1 unspecified atom stereocenters. The zero-order valence-corrected chi connectivity index (χ0v) is 21.9. The molecule has 6 heterocycles. The van der Waals surface area contributed by atoms with Crippen LogP contribution in [0.15, 0.2) is 53.5 Å². The number of pyridine rings is 1. The third kappa shape index (κ3) is 4.21. The van der Waals surface area contributed by atoms with Gasteiger partial charge in [0.1, 0.15) is 5.39 Å². The van der Waals surface area contributed by atoms with Crippen LogP contribution in [-0.2, 0) is 24.3 Å². The average molecular weight is 541 g/mol. The van der Waals surface area contributed by atoms with E-state index in [-0.39, 0.29) is 31.2 Å². The Balaban J connectivity index is 1.34. The van der Waals surface area contributed by atoms with E-state index in [0.717, 1.165) is 25.2 Å². The number of nitrogens with one attached hydrogen (secondary N) is 1. The van der Waals surface area contributed by atoms with Gasteiger partial charge in [-0.2, -0.15) is 4.98 Å². The van der Waals surface area contributed by atoms with Crippen molar-refractivity contribution in [2.45, 2.75) is 32.0 Å². The second-order valence-corrected chi connectivity index (χ2v) is 10.4. The number of aliphatic hydroxyl groups is 1. The summed E-state index contributed by atoms with van der Waals surface area (Å²) in [5, 5.41) is 14.2. The van der Waals surface area contributed by atoms with E-state index in [2.05, 4.69) is 34.4 Å². The third-order valence-corrected chi connectivity index (χ3v) is 7.54. The van der Waals surface area contributed by atoms with Crippen molar-refractivity contribution in [1.82, 2.24) is 29.2 Å². The topological polar surface area (TPSA) is 131 Å². The standard InChI is InChI=1S/C28H28N8O4/c1-33-11-9-17-12-19(6-5-18(17)14-33)30-28-29-13-21-25(32-28)36-23-8-7-22-26(31-23)34(24(38)16-40-22)15-20(37)4-2-3-10-35(36)27(21)39/h2-3,5-8,12-13,20,37H,4,9-11,14-16H2,1H3,(H,29,30,32). The highest BCUT2D eigenvalue weighted by Gasteiger charge is 2.30. The SMILES string of the molecule is CN1CCc2cc(Nc3ncc4c(=O)n5n(c4n3)-c3ccc4c(n3)N(CC(O)CC=CC5)C(=O)CO4)ccc2C1. The summed E-state index contributed by atoms with van der Waals surface area (Å²) < 4.78 is 8.77. The Bertz CT molecular complexity index is 1740. The fourth-order valence-electron chi connectivity index (χ4n) is 5.47. The number of aliphatic hydroxyl groups excluding tert-OH is 1. The molecule has 3 aliphatic rings. The Kier molecular flexibility index (Phi) is 5.86.